The Morgan fingerprint density at radius 1 is 1.20 bits per heavy atom. The van der Waals surface area contributed by atoms with Crippen molar-refractivity contribution in [2.45, 2.75) is 45.3 Å². The van der Waals surface area contributed by atoms with E-state index in [4.69, 9.17) is 9.47 Å². The molecular formula is C12H24O3. The first-order valence-electron chi connectivity index (χ1n) is 5.93. The highest BCUT2D eigenvalue weighted by molar-refractivity contribution is 4.83. The van der Waals surface area contributed by atoms with Gasteiger partial charge in [-0.1, -0.05) is 13.8 Å². The van der Waals surface area contributed by atoms with Gasteiger partial charge in [0.1, 0.15) is 0 Å². The lowest BCUT2D eigenvalue weighted by atomic mass is 9.79. The highest BCUT2D eigenvalue weighted by Gasteiger charge is 2.33. The molecule has 0 aromatic rings. The Hall–Kier alpha value is -0.120. The molecule has 0 saturated heterocycles. The summed E-state index contributed by atoms with van der Waals surface area (Å²) in [6, 6.07) is 0. The highest BCUT2D eigenvalue weighted by Crippen LogP contribution is 2.30. The summed E-state index contributed by atoms with van der Waals surface area (Å²) in [5, 5.41) is 9.91. The topological polar surface area (TPSA) is 38.7 Å². The van der Waals surface area contributed by atoms with Crippen molar-refractivity contribution in [2.75, 3.05) is 20.3 Å². The van der Waals surface area contributed by atoms with Crippen molar-refractivity contribution in [2.24, 2.45) is 11.8 Å². The summed E-state index contributed by atoms with van der Waals surface area (Å²) in [5.41, 5.74) is 0. The van der Waals surface area contributed by atoms with Crippen molar-refractivity contribution >= 4 is 0 Å². The van der Waals surface area contributed by atoms with E-state index in [1.165, 1.54) is 0 Å². The number of ether oxygens (including phenoxy) is 2. The van der Waals surface area contributed by atoms with E-state index in [-0.39, 0.29) is 12.2 Å². The molecule has 0 aromatic carbocycles. The maximum atomic E-state index is 9.91. The average molecular weight is 216 g/mol. The van der Waals surface area contributed by atoms with Gasteiger partial charge in [0, 0.05) is 20.3 Å². The predicted octanol–water partition coefficient (Wildman–Crippen LogP) is 1.83. The first-order chi connectivity index (χ1) is 7.15. The molecule has 90 valence electrons. The van der Waals surface area contributed by atoms with Crippen molar-refractivity contribution in [1.82, 2.24) is 0 Å². The molecule has 0 heterocycles. The Balaban J connectivity index is 2.26. The fraction of sp³-hybridized carbons (Fsp3) is 1.00. The Labute approximate surface area is 92.8 Å². The molecule has 0 radical (unpaired) electrons. The first-order valence-corrected chi connectivity index (χ1v) is 5.93. The number of hydrogen-bond donors (Lipinski definition) is 1. The van der Waals surface area contributed by atoms with Crippen LogP contribution >= 0.6 is 0 Å². The molecule has 1 aliphatic rings. The smallest absolute Gasteiger partial charge is 0.0859 e. The summed E-state index contributed by atoms with van der Waals surface area (Å²) in [5.74, 6) is 1.08. The van der Waals surface area contributed by atoms with Gasteiger partial charge >= 0.3 is 0 Å². The maximum absolute atomic E-state index is 9.91. The molecule has 0 aromatic heterocycles. The molecule has 15 heavy (non-hydrogen) atoms. The fourth-order valence-electron chi connectivity index (χ4n) is 2.49. The van der Waals surface area contributed by atoms with E-state index in [1.807, 2.05) is 0 Å². The second-order valence-corrected chi connectivity index (χ2v) is 4.80. The number of methoxy groups -OCH3 is 1. The molecule has 0 amide bonds. The lowest BCUT2D eigenvalue weighted by Gasteiger charge is -2.36. The third-order valence-electron chi connectivity index (χ3n) is 3.16. The van der Waals surface area contributed by atoms with Crippen LogP contribution < -0.4 is 0 Å². The average Bonchev–Trinajstić information content (AvgIpc) is 2.15. The normalized spacial score (nSPS) is 36.8. The molecule has 3 heteroatoms. The summed E-state index contributed by atoms with van der Waals surface area (Å²) in [7, 11) is 1.69. The number of aliphatic hydroxyl groups excluding tert-OH is 1. The first kappa shape index (κ1) is 12.9. The van der Waals surface area contributed by atoms with Crippen molar-refractivity contribution < 1.29 is 14.6 Å². The van der Waals surface area contributed by atoms with E-state index in [0.717, 1.165) is 25.9 Å². The Kier molecular flexibility index (Phi) is 5.58. The minimum atomic E-state index is -0.286. The van der Waals surface area contributed by atoms with Gasteiger partial charge in [-0.2, -0.15) is 0 Å². The van der Waals surface area contributed by atoms with Crippen LogP contribution in [-0.2, 0) is 9.47 Å². The lowest BCUT2D eigenvalue weighted by molar-refractivity contribution is -0.0980. The summed E-state index contributed by atoms with van der Waals surface area (Å²) in [6.45, 7) is 5.78. The molecule has 1 rings (SSSR count). The molecule has 1 aliphatic carbocycles. The standard InChI is InChI=1S/C12H24O3/c1-9-7-10(2)12(11(13)8-9)15-6-4-5-14-3/h9-13H,4-8H2,1-3H3. The Morgan fingerprint density at radius 3 is 2.53 bits per heavy atom. The van der Waals surface area contributed by atoms with Crippen molar-refractivity contribution in [3.8, 4) is 0 Å². The van der Waals surface area contributed by atoms with Crippen LogP contribution in [0.5, 0.6) is 0 Å². The Morgan fingerprint density at radius 2 is 1.93 bits per heavy atom. The van der Waals surface area contributed by atoms with E-state index in [2.05, 4.69) is 13.8 Å². The molecular weight excluding hydrogens is 192 g/mol. The van der Waals surface area contributed by atoms with Crippen LogP contribution in [0.3, 0.4) is 0 Å². The molecule has 1 fully saturated rings. The number of hydrogen-bond acceptors (Lipinski definition) is 3. The summed E-state index contributed by atoms with van der Waals surface area (Å²) in [6.07, 6.45) is 2.68. The van der Waals surface area contributed by atoms with Crippen LogP contribution in [0, 0.1) is 11.8 Å². The van der Waals surface area contributed by atoms with E-state index in [9.17, 15) is 5.11 Å². The SMILES string of the molecule is COCCCOC1C(C)CC(C)CC1O. The van der Waals surface area contributed by atoms with Crippen LogP contribution in [0.15, 0.2) is 0 Å². The van der Waals surface area contributed by atoms with Gasteiger partial charge in [-0.15, -0.1) is 0 Å². The van der Waals surface area contributed by atoms with Crippen LogP contribution in [0.1, 0.15) is 33.1 Å². The third kappa shape index (κ3) is 4.09. The van der Waals surface area contributed by atoms with Gasteiger partial charge in [-0.25, -0.2) is 0 Å². The van der Waals surface area contributed by atoms with E-state index in [1.54, 1.807) is 7.11 Å². The molecule has 0 spiro atoms. The molecule has 1 saturated carbocycles. The Bertz CT molecular complexity index is 160. The highest BCUT2D eigenvalue weighted by atomic mass is 16.5. The number of rotatable bonds is 5. The second kappa shape index (κ2) is 6.46. The molecule has 3 nitrogen and oxygen atoms in total. The van der Waals surface area contributed by atoms with Gasteiger partial charge in [0.05, 0.1) is 12.2 Å². The quantitative estimate of drug-likeness (QED) is 0.713. The van der Waals surface area contributed by atoms with Gasteiger partial charge in [0.25, 0.3) is 0 Å². The minimum Gasteiger partial charge on any atom is -0.390 e. The van der Waals surface area contributed by atoms with Crippen LogP contribution in [-0.4, -0.2) is 37.6 Å². The molecule has 4 unspecified atom stereocenters. The second-order valence-electron chi connectivity index (χ2n) is 4.80. The van der Waals surface area contributed by atoms with Gasteiger partial charge in [0.2, 0.25) is 0 Å². The van der Waals surface area contributed by atoms with Crippen molar-refractivity contribution in [3.05, 3.63) is 0 Å². The molecule has 0 bridgehead atoms. The lowest BCUT2D eigenvalue weighted by Crippen LogP contribution is -2.41. The van der Waals surface area contributed by atoms with Gasteiger partial charge in [-0.05, 0) is 31.1 Å². The molecule has 1 N–H and O–H groups in total. The zero-order chi connectivity index (χ0) is 11.3. The van der Waals surface area contributed by atoms with Crippen molar-refractivity contribution in [1.29, 1.82) is 0 Å². The summed E-state index contributed by atoms with van der Waals surface area (Å²) >= 11 is 0. The fourth-order valence-corrected chi connectivity index (χ4v) is 2.49. The van der Waals surface area contributed by atoms with E-state index in [0.29, 0.717) is 18.4 Å². The monoisotopic (exact) mass is 216 g/mol. The summed E-state index contributed by atoms with van der Waals surface area (Å²) in [4.78, 5) is 0. The molecule has 4 atom stereocenters. The third-order valence-corrected chi connectivity index (χ3v) is 3.16. The number of aliphatic hydroxyl groups is 1. The van der Waals surface area contributed by atoms with Crippen molar-refractivity contribution in [3.63, 3.8) is 0 Å². The van der Waals surface area contributed by atoms with Crippen LogP contribution in [0.25, 0.3) is 0 Å². The largest absolute Gasteiger partial charge is 0.390 e. The predicted molar refractivity (Wildman–Crippen MR) is 59.8 cm³/mol. The van der Waals surface area contributed by atoms with Gasteiger partial charge in [-0.3, -0.25) is 0 Å². The molecule has 0 aliphatic heterocycles. The maximum Gasteiger partial charge on any atom is 0.0859 e. The van der Waals surface area contributed by atoms with Gasteiger partial charge < -0.3 is 14.6 Å². The minimum absolute atomic E-state index is 0.0260. The van der Waals surface area contributed by atoms with Crippen LogP contribution in [0.2, 0.25) is 0 Å². The zero-order valence-corrected chi connectivity index (χ0v) is 10.1. The van der Waals surface area contributed by atoms with Gasteiger partial charge in [0.15, 0.2) is 0 Å². The zero-order valence-electron chi connectivity index (χ0n) is 10.1. The summed E-state index contributed by atoms with van der Waals surface area (Å²) < 4.78 is 10.7. The van der Waals surface area contributed by atoms with Crippen LogP contribution in [0.4, 0.5) is 0 Å². The van der Waals surface area contributed by atoms with E-state index >= 15 is 0 Å². The van der Waals surface area contributed by atoms with E-state index < -0.39 is 0 Å².